The number of aromatic hydroxyl groups is 1. The second-order valence-electron chi connectivity index (χ2n) is 5.46. The summed E-state index contributed by atoms with van der Waals surface area (Å²) in [4.78, 5) is 2.38. The number of hydrogen-bond donors (Lipinski definition) is 2. The van der Waals surface area contributed by atoms with Crippen LogP contribution in [0.4, 0.5) is 5.69 Å². The minimum absolute atomic E-state index is 0.183. The quantitative estimate of drug-likeness (QED) is 0.877. The Labute approximate surface area is 115 Å². The largest absolute Gasteiger partial charge is 0.504 e. The van der Waals surface area contributed by atoms with Crippen LogP contribution in [-0.2, 0) is 0 Å². The van der Waals surface area contributed by atoms with Crippen molar-refractivity contribution >= 4 is 5.69 Å². The summed E-state index contributed by atoms with van der Waals surface area (Å²) < 4.78 is 5.05. The molecule has 0 radical (unpaired) electrons. The molecule has 0 bridgehead atoms. The van der Waals surface area contributed by atoms with Crippen molar-refractivity contribution < 1.29 is 9.84 Å². The van der Waals surface area contributed by atoms with Crippen molar-refractivity contribution in [1.82, 2.24) is 4.90 Å². The van der Waals surface area contributed by atoms with Gasteiger partial charge in [0.05, 0.1) is 7.11 Å². The van der Waals surface area contributed by atoms with Crippen molar-refractivity contribution in [2.45, 2.75) is 25.8 Å². The zero-order valence-corrected chi connectivity index (χ0v) is 12.0. The van der Waals surface area contributed by atoms with Crippen LogP contribution in [0.5, 0.6) is 11.5 Å². The number of hydrogen-bond acceptors (Lipinski definition) is 4. The molecule has 1 aromatic rings. The van der Waals surface area contributed by atoms with E-state index in [1.54, 1.807) is 19.2 Å². The van der Waals surface area contributed by atoms with E-state index in [-0.39, 0.29) is 5.75 Å². The lowest BCUT2D eigenvalue weighted by molar-refractivity contribution is 0.208. The van der Waals surface area contributed by atoms with Crippen LogP contribution in [0.15, 0.2) is 18.2 Å². The Bertz CT molecular complexity index is 415. The number of phenols is 1. The number of nitrogens with one attached hydrogen (secondary N) is 1. The highest BCUT2D eigenvalue weighted by molar-refractivity contribution is 5.54. The second kappa shape index (κ2) is 6.15. The van der Waals surface area contributed by atoms with E-state index in [0.29, 0.717) is 17.7 Å². The Morgan fingerprint density at radius 1 is 1.37 bits per heavy atom. The molecule has 4 nitrogen and oxygen atoms in total. The molecule has 2 N–H and O–H groups in total. The molecule has 1 aliphatic rings. The molecule has 1 aliphatic heterocycles. The van der Waals surface area contributed by atoms with Crippen LogP contribution in [-0.4, -0.2) is 43.3 Å². The summed E-state index contributed by atoms with van der Waals surface area (Å²) in [6.07, 6.45) is 2.46. The fraction of sp³-hybridized carbons (Fsp3) is 0.600. The van der Waals surface area contributed by atoms with Gasteiger partial charge in [0.25, 0.3) is 0 Å². The average Bonchev–Trinajstić information content (AvgIpc) is 2.39. The first kappa shape index (κ1) is 14.0. The molecule has 0 aromatic heterocycles. The maximum absolute atomic E-state index is 9.78. The van der Waals surface area contributed by atoms with Gasteiger partial charge in [-0.3, -0.25) is 0 Å². The molecule has 19 heavy (non-hydrogen) atoms. The van der Waals surface area contributed by atoms with E-state index in [1.807, 2.05) is 6.07 Å². The molecule has 0 amide bonds. The highest BCUT2D eigenvalue weighted by Gasteiger charge is 2.22. The second-order valence-corrected chi connectivity index (χ2v) is 5.46. The minimum atomic E-state index is 0.183. The van der Waals surface area contributed by atoms with E-state index < -0.39 is 0 Å². The van der Waals surface area contributed by atoms with Crippen molar-refractivity contribution in [3.8, 4) is 11.5 Å². The van der Waals surface area contributed by atoms with Crippen molar-refractivity contribution in [1.29, 1.82) is 0 Å². The number of rotatable bonds is 4. The SMILES string of the molecule is COc1ccc(NC(C)C2CCN(C)CC2)cc1O. The lowest BCUT2D eigenvalue weighted by atomic mass is 9.90. The van der Waals surface area contributed by atoms with E-state index in [2.05, 4.69) is 24.2 Å². The van der Waals surface area contributed by atoms with Crippen molar-refractivity contribution in [2.75, 3.05) is 32.6 Å². The van der Waals surface area contributed by atoms with Crippen LogP contribution in [0.25, 0.3) is 0 Å². The minimum Gasteiger partial charge on any atom is -0.504 e. The van der Waals surface area contributed by atoms with Crippen molar-refractivity contribution in [2.24, 2.45) is 5.92 Å². The summed E-state index contributed by atoms with van der Waals surface area (Å²) in [5, 5.41) is 13.3. The molecule has 1 aromatic carbocycles. The standard InChI is InChI=1S/C15H24N2O2/c1-11(12-6-8-17(2)9-7-12)16-13-4-5-15(19-3)14(18)10-13/h4-5,10-12,16,18H,6-9H2,1-3H3. The van der Waals surface area contributed by atoms with Gasteiger partial charge < -0.3 is 20.1 Å². The van der Waals surface area contributed by atoms with Gasteiger partial charge in [-0.1, -0.05) is 0 Å². The van der Waals surface area contributed by atoms with Crippen molar-refractivity contribution in [3.63, 3.8) is 0 Å². The molecule has 1 saturated heterocycles. The molecule has 1 heterocycles. The Balaban J connectivity index is 1.95. The van der Waals surface area contributed by atoms with E-state index >= 15 is 0 Å². The lowest BCUT2D eigenvalue weighted by Gasteiger charge is -2.33. The van der Waals surface area contributed by atoms with Gasteiger partial charge in [-0.05, 0) is 58.0 Å². The fourth-order valence-electron chi connectivity index (χ4n) is 2.69. The summed E-state index contributed by atoms with van der Waals surface area (Å²) in [7, 11) is 3.74. The van der Waals surface area contributed by atoms with Gasteiger partial charge >= 0.3 is 0 Å². The third-order valence-electron chi connectivity index (χ3n) is 4.04. The first-order valence-electron chi connectivity index (χ1n) is 6.92. The Morgan fingerprint density at radius 2 is 2.05 bits per heavy atom. The Morgan fingerprint density at radius 3 is 2.63 bits per heavy atom. The molecule has 106 valence electrons. The smallest absolute Gasteiger partial charge is 0.160 e. The van der Waals surface area contributed by atoms with Gasteiger partial charge in [-0.2, -0.15) is 0 Å². The van der Waals surface area contributed by atoms with Gasteiger partial charge in [-0.15, -0.1) is 0 Å². The van der Waals surface area contributed by atoms with Crippen LogP contribution in [0.1, 0.15) is 19.8 Å². The normalized spacial score (nSPS) is 19.1. The van der Waals surface area contributed by atoms with Crippen LogP contribution in [0.2, 0.25) is 0 Å². The van der Waals surface area contributed by atoms with E-state index in [9.17, 15) is 5.11 Å². The highest BCUT2D eigenvalue weighted by atomic mass is 16.5. The van der Waals surface area contributed by atoms with Crippen LogP contribution in [0.3, 0.4) is 0 Å². The number of piperidine rings is 1. The first-order valence-corrected chi connectivity index (χ1v) is 6.92. The Hall–Kier alpha value is -1.42. The summed E-state index contributed by atoms with van der Waals surface area (Å²) in [5.74, 6) is 1.39. The number of ether oxygens (including phenoxy) is 1. The van der Waals surface area contributed by atoms with Gasteiger partial charge in [0.2, 0.25) is 0 Å². The zero-order chi connectivity index (χ0) is 13.8. The highest BCUT2D eigenvalue weighted by Crippen LogP contribution is 2.30. The van der Waals surface area contributed by atoms with Crippen LogP contribution < -0.4 is 10.1 Å². The maximum atomic E-state index is 9.78. The molecule has 0 saturated carbocycles. The Kier molecular flexibility index (Phi) is 4.53. The molecular weight excluding hydrogens is 240 g/mol. The lowest BCUT2D eigenvalue weighted by Crippen LogP contribution is -2.37. The molecule has 1 atom stereocenters. The van der Waals surface area contributed by atoms with E-state index in [0.717, 1.165) is 5.69 Å². The van der Waals surface area contributed by atoms with E-state index in [4.69, 9.17) is 4.74 Å². The number of anilines is 1. The maximum Gasteiger partial charge on any atom is 0.160 e. The summed E-state index contributed by atoms with van der Waals surface area (Å²) in [6.45, 7) is 4.56. The summed E-state index contributed by atoms with van der Waals surface area (Å²) >= 11 is 0. The predicted octanol–water partition coefficient (Wildman–Crippen LogP) is 2.54. The summed E-state index contributed by atoms with van der Waals surface area (Å²) in [5.41, 5.74) is 0.949. The average molecular weight is 264 g/mol. The molecular formula is C15H24N2O2. The van der Waals surface area contributed by atoms with E-state index in [1.165, 1.54) is 25.9 Å². The molecule has 2 rings (SSSR count). The topological polar surface area (TPSA) is 44.7 Å². The monoisotopic (exact) mass is 264 g/mol. The van der Waals surface area contributed by atoms with Crippen molar-refractivity contribution in [3.05, 3.63) is 18.2 Å². The number of likely N-dealkylation sites (tertiary alicyclic amines) is 1. The first-order chi connectivity index (χ1) is 9.10. The van der Waals surface area contributed by atoms with Gasteiger partial charge in [0, 0.05) is 17.8 Å². The zero-order valence-electron chi connectivity index (χ0n) is 12.0. The van der Waals surface area contributed by atoms with Gasteiger partial charge in [0.15, 0.2) is 11.5 Å². The fourth-order valence-corrected chi connectivity index (χ4v) is 2.69. The number of nitrogens with zero attached hydrogens (tertiary/aromatic N) is 1. The third-order valence-corrected chi connectivity index (χ3v) is 4.04. The van der Waals surface area contributed by atoms with Gasteiger partial charge in [0.1, 0.15) is 0 Å². The third kappa shape index (κ3) is 3.53. The number of benzene rings is 1. The number of phenolic OH excluding ortho intramolecular Hbond substituents is 1. The molecule has 0 spiro atoms. The number of methoxy groups -OCH3 is 1. The molecule has 1 unspecified atom stereocenters. The van der Waals surface area contributed by atoms with Crippen LogP contribution >= 0.6 is 0 Å². The molecule has 4 heteroatoms. The molecule has 0 aliphatic carbocycles. The van der Waals surface area contributed by atoms with Crippen LogP contribution in [0, 0.1) is 5.92 Å². The predicted molar refractivity (Wildman–Crippen MR) is 78.0 cm³/mol. The summed E-state index contributed by atoms with van der Waals surface area (Å²) in [6, 6.07) is 5.88. The molecule has 1 fully saturated rings. The van der Waals surface area contributed by atoms with Gasteiger partial charge in [-0.25, -0.2) is 0 Å².